The van der Waals surface area contributed by atoms with Crippen molar-refractivity contribution in [2.75, 3.05) is 0 Å². The highest BCUT2D eigenvalue weighted by molar-refractivity contribution is 6.29. The largest absolute Gasteiger partial charge is 0.459 e. The molecular weight excluding hydrogens is 254 g/mol. The molecule has 0 saturated carbocycles. The van der Waals surface area contributed by atoms with Gasteiger partial charge in [-0.2, -0.15) is 5.10 Å². The zero-order valence-corrected chi connectivity index (χ0v) is 11.2. The highest BCUT2D eigenvalue weighted by Gasteiger charge is 2.17. The first-order chi connectivity index (χ1) is 8.35. The normalized spacial score (nSPS) is 11.8. The Morgan fingerprint density at radius 3 is 2.83 bits per heavy atom. The molecule has 0 spiro atoms. The Morgan fingerprint density at radius 1 is 1.44 bits per heavy atom. The van der Waals surface area contributed by atoms with E-state index in [0.29, 0.717) is 10.8 Å². The Balaban J connectivity index is 2.22. The molecule has 6 heteroatoms. The summed E-state index contributed by atoms with van der Waals surface area (Å²) in [7, 11) is 0. The van der Waals surface area contributed by atoms with Gasteiger partial charge in [0.25, 0.3) is 0 Å². The number of hydrogen-bond acceptors (Lipinski definition) is 4. The molecule has 96 valence electrons. The van der Waals surface area contributed by atoms with E-state index < -0.39 is 5.60 Å². The fourth-order valence-corrected chi connectivity index (χ4v) is 1.68. The molecule has 0 aliphatic carbocycles. The Morgan fingerprint density at radius 2 is 2.17 bits per heavy atom. The van der Waals surface area contributed by atoms with Crippen molar-refractivity contribution in [1.82, 2.24) is 14.8 Å². The Bertz CT molecular complexity index is 587. The molecule has 0 amide bonds. The van der Waals surface area contributed by atoms with Crippen LogP contribution in [-0.2, 0) is 16.1 Å². The van der Waals surface area contributed by atoms with E-state index in [0.717, 1.165) is 5.39 Å². The average Bonchev–Trinajstić information content (AvgIpc) is 2.58. The molecule has 0 saturated heterocycles. The zero-order chi connectivity index (χ0) is 13.3. The maximum Gasteiger partial charge on any atom is 0.328 e. The monoisotopic (exact) mass is 267 g/mol. The number of rotatable bonds is 2. The van der Waals surface area contributed by atoms with Gasteiger partial charge < -0.3 is 4.74 Å². The van der Waals surface area contributed by atoms with Gasteiger partial charge in [-0.3, -0.25) is 4.79 Å². The summed E-state index contributed by atoms with van der Waals surface area (Å²) in [4.78, 5) is 15.9. The van der Waals surface area contributed by atoms with E-state index in [4.69, 9.17) is 16.3 Å². The number of halogens is 1. The summed E-state index contributed by atoms with van der Waals surface area (Å²) in [6.45, 7) is 5.48. The van der Waals surface area contributed by atoms with E-state index in [9.17, 15) is 4.79 Å². The standard InChI is InChI=1S/C12H14ClN3O2/c1-12(2,3)18-10(17)7-16-11-8(6-14-16)4-5-9(13)15-11/h4-6H,7H2,1-3H3. The first-order valence-electron chi connectivity index (χ1n) is 5.55. The van der Waals surface area contributed by atoms with E-state index in [2.05, 4.69) is 10.1 Å². The number of hydrogen-bond donors (Lipinski definition) is 0. The molecular formula is C12H14ClN3O2. The summed E-state index contributed by atoms with van der Waals surface area (Å²) in [5.74, 6) is -0.353. The van der Waals surface area contributed by atoms with Crippen LogP contribution in [0.5, 0.6) is 0 Å². The molecule has 2 heterocycles. The maximum absolute atomic E-state index is 11.7. The fraction of sp³-hybridized carbons (Fsp3) is 0.417. The van der Waals surface area contributed by atoms with Crippen molar-refractivity contribution >= 4 is 28.6 Å². The molecule has 0 bridgehead atoms. The molecule has 0 N–H and O–H groups in total. The van der Waals surface area contributed by atoms with E-state index in [1.54, 1.807) is 12.3 Å². The summed E-state index contributed by atoms with van der Waals surface area (Å²) >= 11 is 5.82. The third-order valence-electron chi connectivity index (χ3n) is 2.15. The van der Waals surface area contributed by atoms with Gasteiger partial charge in [0.2, 0.25) is 0 Å². The van der Waals surface area contributed by atoms with Gasteiger partial charge in [-0.25, -0.2) is 9.67 Å². The Labute approximate surface area is 110 Å². The summed E-state index contributed by atoms with van der Waals surface area (Å²) in [5.41, 5.74) is 0.0684. The van der Waals surface area contributed by atoms with Crippen molar-refractivity contribution in [3.63, 3.8) is 0 Å². The van der Waals surface area contributed by atoms with Gasteiger partial charge in [0.15, 0.2) is 5.65 Å². The maximum atomic E-state index is 11.7. The predicted octanol–water partition coefficient (Wildman–Crippen LogP) is 2.43. The molecule has 5 nitrogen and oxygen atoms in total. The quantitative estimate of drug-likeness (QED) is 0.619. The number of aromatic nitrogens is 3. The molecule has 2 aromatic rings. The van der Waals surface area contributed by atoms with Crippen LogP contribution in [0.15, 0.2) is 18.3 Å². The first kappa shape index (κ1) is 12.8. The molecule has 0 aliphatic rings. The number of esters is 1. The SMILES string of the molecule is CC(C)(C)OC(=O)Cn1ncc2ccc(Cl)nc21. The van der Waals surface area contributed by atoms with Crippen LogP contribution in [-0.4, -0.2) is 26.3 Å². The molecule has 0 aromatic carbocycles. The van der Waals surface area contributed by atoms with Crippen LogP contribution in [0.3, 0.4) is 0 Å². The molecule has 0 unspecified atom stereocenters. The van der Waals surface area contributed by atoms with Crippen LogP contribution in [0.2, 0.25) is 5.15 Å². The van der Waals surface area contributed by atoms with E-state index in [-0.39, 0.29) is 12.5 Å². The number of ether oxygens (including phenoxy) is 1. The van der Waals surface area contributed by atoms with Crippen molar-refractivity contribution in [2.45, 2.75) is 32.9 Å². The number of carbonyl (C=O) groups is 1. The van der Waals surface area contributed by atoms with Crippen molar-refractivity contribution in [3.05, 3.63) is 23.5 Å². The first-order valence-corrected chi connectivity index (χ1v) is 5.93. The second kappa shape index (κ2) is 4.57. The summed E-state index contributed by atoms with van der Waals surface area (Å²) < 4.78 is 6.71. The van der Waals surface area contributed by atoms with Crippen molar-refractivity contribution in [2.24, 2.45) is 0 Å². The highest BCUT2D eigenvalue weighted by Crippen LogP contribution is 2.15. The van der Waals surface area contributed by atoms with Crippen LogP contribution in [0.4, 0.5) is 0 Å². The van der Waals surface area contributed by atoms with Gasteiger partial charge in [0, 0.05) is 5.39 Å². The minimum Gasteiger partial charge on any atom is -0.459 e. The van der Waals surface area contributed by atoms with Gasteiger partial charge in [-0.15, -0.1) is 0 Å². The van der Waals surface area contributed by atoms with Crippen LogP contribution < -0.4 is 0 Å². The minimum absolute atomic E-state index is 0.0219. The van der Waals surface area contributed by atoms with Crippen molar-refractivity contribution in [1.29, 1.82) is 0 Å². The van der Waals surface area contributed by atoms with Gasteiger partial charge in [-0.05, 0) is 32.9 Å². The van der Waals surface area contributed by atoms with Crippen LogP contribution in [0.25, 0.3) is 11.0 Å². The van der Waals surface area contributed by atoms with Crippen LogP contribution >= 0.6 is 11.6 Å². The predicted molar refractivity (Wildman–Crippen MR) is 68.4 cm³/mol. The third-order valence-corrected chi connectivity index (χ3v) is 2.36. The lowest BCUT2D eigenvalue weighted by atomic mass is 10.2. The number of nitrogens with zero attached hydrogens (tertiary/aromatic N) is 3. The molecule has 0 fully saturated rings. The lowest BCUT2D eigenvalue weighted by Gasteiger charge is -2.19. The van der Waals surface area contributed by atoms with Crippen molar-refractivity contribution in [3.8, 4) is 0 Å². The van der Waals surface area contributed by atoms with Gasteiger partial charge in [0.1, 0.15) is 17.3 Å². The zero-order valence-electron chi connectivity index (χ0n) is 10.5. The van der Waals surface area contributed by atoms with E-state index in [1.807, 2.05) is 26.8 Å². The molecule has 18 heavy (non-hydrogen) atoms. The fourth-order valence-electron chi connectivity index (χ4n) is 1.54. The Hall–Kier alpha value is -1.62. The average molecular weight is 268 g/mol. The summed E-state index contributed by atoms with van der Waals surface area (Å²) in [5, 5.41) is 5.31. The smallest absolute Gasteiger partial charge is 0.328 e. The topological polar surface area (TPSA) is 57.0 Å². The highest BCUT2D eigenvalue weighted by atomic mass is 35.5. The number of fused-ring (bicyclic) bond motifs is 1. The molecule has 2 aromatic heterocycles. The van der Waals surface area contributed by atoms with Crippen LogP contribution in [0, 0.1) is 0 Å². The second-order valence-electron chi connectivity index (χ2n) is 4.94. The number of pyridine rings is 1. The van der Waals surface area contributed by atoms with E-state index >= 15 is 0 Å². The molecule has 0 radical (unpaired) electrons. The second-order valence-corrected chi connectivity index (χ2v) is 5.32. The van der Waals surface area contributed by atoms with Crippen LogP contribution in [0.1, 0.15) is 20.8 Å². The Kier molecular flexibility index (Phi) is 3.26. The summed E-state index contributed by atoms with van der Waals surface area (Å²) in [6.07, 6.45) is 1.64. The lowest BCUT2D eigenvalue weighted by molar-refractivity contribution is -0.155. The van der Waals surface area contributed by atoms with Gasteiger partial charge in [0.05, 0.1) is 6.20 Å². The third kappa shape index (κ3) is 2.98. The number of carbonyl (C=O) groups excluding carboxylic acids is 1. The molecule has 0 atom stereocenters. The van der Waals surface area contributed by atoms with Crippen molar-refractivity contribution < 1.29 is 9.53 Å². The molecule has 0 aliphatic heterocycles. The van der Waals surface area contributed by atoms with Gasteiger partial charge >= 0.3 is 5.97 Å². The lowest BCUT2D eigenvalue weighted by Crippen LogP contribution is -2.26. The van der Waals surface area contributed by atoms with Gasteiger partial charge in [-0.1, -0.05) is 11.6 Å². The van der Waals surface area contributed by atoms with E-state index in [1.165, 1.54) is 4.68 Å². The summed E-state index contributed by atoms with van der Waals surface area (Å²) in [6, 6.07) is 3.49. The molecule has 2 rings (SSSR count). The minimum atomic E-state index is -0.509.